The minimum atomic E-state index is -0.236. The number of hydrogen-bond acceptors (Lipinski definition) is 3. The van der Waals surface area contributed by atoms with Gasteiger partial charge < -0.3 is 15.2 Å². The Balaban J connectivity index is 3.27. The summed E-state index contributed by atoms with van der Waals surface area (Å²) in [5, 5.41) is 12.4. The van der Waals surface area contributed by atoms with Crippen molar-refractivity contribution in [2.45, 2.75) is 129 Å². The number of allylic oxidation sites excluding steroid dienone is 2. The molecule has 0 N–H and O–H groups in total. The highest BCUT2D eigenvalue weighted by Gasteiger charge is 2.04. The Labute approximate surface area is 194 Å². The van der Waals surface area contributed by atoms with Gasteiger partial charge in [0.25, 0.3) is 0 Å². The molecule has 0 aromatic rings. The maximum atomic E-state index is 11.8. The zero-order valence-corrected chi connectivity index (χ0v) is 21.2. The van der Waals surface area contributed by atoms with Gasteiger partial charge in [-0.1, -0.05) is 96.1 Å². The molecule has 0 aliphatic rings. The first-order valence-electron chi connectivity index (χ1n) is 13.3. The molecule has 0 atom stereocenters. The van der Waals surface area contributed by atoms with Gasteiger partial charge in [0.15, 0.2) is 0 Å². The van der Waals surface area contributed by atoms with E-state index in [0.29, 0.717) is 18.0 Å². The quantitative estimate of drug-likeness (QED) is 0.0928. The first-order valence-corrected chi connectivity index (χ1v) is 13.3. The third kappa shape index (κ3) is 23.6. The molecule has 184 valence electrons. The molecule has 0 aromatic carbocycles. The van der Waals surface area contributed by atoms with Crippen LogP contribution in [0.25, 0.3) is 0 Å². The van der Waals surface area contributed by atoms with Crippen molar-refractivity contribution in [2.24, 2.45) is 0 Å². The highest BCUT2D eigenvalue weighted by Crippen LogP contribution is 2.13. The van der Waals surface area contributed by atoms with Crippen LogP contribution < -0.4 is 0 Å². The highest BCUT2D eigenvalue weighted by molar-refractivity contribution is 5.76. The second-order valence-corrected chi connectivity index (χ2v) is 9.40. The van der Waals surface area contributed by atoms with E-state index in [9.17, 15) is 10.0 Å². The lowest BCUT2D eigenvalue weighted by Gasteiger charge is -2.28. The Morgan fingerprint density at radius 2 is 1.10 bits per heavy atom. The topological polar surface area (TPSA) is 46.6 Å². The molecular weight excluding hydrogens is 384 g/mol. The molecule has 0 rings (SSSR count). The molecule has 4 heteroatoms. The minimum Gasteiger partial charge on any atom is -0.756 e. The molecule has 0 aliphatic heterocycles. The summed E-state index contributed by atoms with van der Waals surface area (Å²) in [4.78, 5) is 13.8. The van der Waals surface area contributed by atoms with Gasteiger partial charge >= 0.3 is 0 Å². The van der Waals surface area contributed by atoms with Crippen molar-refractivity contribution in [3.05, 3.63) is 17.4 Å². The highest BCUT2D eigenvalue weighted by atomic mass is 16.5. The monoisotopic (exact) mass is 437 g/mol. The van der Waals surface area contributed by atoms with E-state index in [-0.39, 0.29) is 5.91 Å². The lowest BCUT2D eigenvalue weighted by Crippen LogP contribution is -2.28. The van der Waals surface area contributed by atoms with Gasteiger partial charge in [-0.3, -0.25) is 4.79 Å². The van der Waals surface area contributed by atoms with E-state index >= 15 is 0 Å². The maximum Gasteiger partial charge on any atom is 0.212 e. The van der Waals surface area contributed by atoms with Crippen molar-refractivity contribution in [2.75, 3.05) is 27.2 Å². The van der Waals surface area contributed by atoms with E-state index in [4.69, 9.17) is 0 Å². The first kappa shape index (κ1) is 30.1. The predicted molar refractivity (Wildman–Crippen MR) is 136 cm³/mol. The van der Waals surface area contributed by atoms with E-state index in [1.54, 1.807) is 0 Å². The maximum absolute atomic E-state index is 11.8. The fourth-order valence-corrected chi connectivity index (χ4v) is 3.83. The van der Waals surface area contributed by atoms with Crippen molar-refractivity contribution >= 4 is 5.91 Å². The number of unbranched alkanes of at least 4 members (excludes halogenated alkanes) is 15. The molecule has 1 amide bonds. The van der Waals surface area contributed by atoms with Crippen molar-refractivity contribution in [3.63, 3.8) is 0 Å². The minimum absolute atomic E-state index is 0.236. The number of nitrogens with zero attached hydrogens (tertiary/aromatic N) is 2. The van der Waals surface area contributed by atoms with Crippen LogP contribution in [0.1, 0.15) is 129 Å². The second-order valence-electron chi connectivity index (χ2n) is 9.40. The van der Waals surface area contributed by atoms with E-state index < -0.39 is 0 Å². The van der Waals surface area contributed by atoms with E-state index in [2.05, 4.69) is 19.1 Å². The van der Waals surface area contributed by atoms with Gasteiger partial charge in [0.2, 0.25) is 5.91 Å². The first-order chi connectivity index (χ1) is 15.1. The van der Waals surface area contributed by atoms with Crippen LogP contribution in [0.2, 0.25) is 0 Å². The zero-order valence-electron chi connectivity index (χ0n) is 21.2. The summed E-state index contributed by atoms with van der Waals surface area (Å²) in [6.45, 7) is 3.45. The Bertz CT molecular complexity index is 410. The van der Waals surface area contributed by atoms with Gasteiger partial charge in [-0.05, 0) is 59.2 Å². The fourth-order valence-electron chi connectivity index (χ4n) is 3.83. The van der Waals surface area contributed by atoms with Crippen LogP contribution in [0, 0.1) is 5.21 Å². The standard InChI is InChI=1S/C27H53N2O2/c1-4-5-6-7-8-9-10-11-12-13-14-15-16-17-18-19-20-21-22-24-27(30)29(31)26-23-25-28(2)3/h11-12H,4-10,13-26H2,1-3H3/q-1/b12-11-. The SMILES string of the molecule is CCCCCCCC/C=C\CCCCCCCCCCCC(=O)N([O-])CCCN(C)C. The van der Waals surface area contributed by atoms with Crippen molar-refractivity contribution in [3.8, 4) is 0 Å². The lowest BCUT2D eigenvalue weighted by molar-refractivity contribution is -0.128. The smallest absolute Gasteiger partial charge is 0.212 e. The van der Waals surface area contributed by atoms with Gasteiger partial charge in [0, 0.05) is 13.0 Å². The van der Waals surface area contributed by atoms with Crippen LogP contribution in [0.4, 0.5) is 0 Å². The summed E-state index contributed by atoms with van der Waals surface area (Å²) in [6, 6.07) is 0. The predicted octanol–water partition coefficient (Wildman–Crippen LogP) is 7.86. The van der Waals surface area contributed by atoms with Crippen LogP contribution in [0.5, 0.6) is 0 Å². The van der Waals surface area contributed by atoms with Gasteiger partial charge in [-0.2, -0.15) is 0 Å². The molecule has 0 unspecified atom stereocenters. The average Bonchev–Trinajstić information content (AvgIpc) is 2.74. The molecule has 0 fully saturated rings. The number of hydroxylamine groups is 2. The average molecular weight is 438 g/mol. The Morgan fingerprint density at radius 3 is 1.58 bits per heavy atom. The number of carbonyl (C=O) groups excluding carboxylic acids is 1. The van der Waals surface area contributed by atoms with Crippen molar-refractivity contribution in [1.82, 2.24) is 9.96 Å². The number of rotatable bonds is 23. The third-order valence-corrected chi connectivity index (χ3v) is 5.90. The second kappa shape index (κ2) is 23.8. The number of carbonyl (C=O) groups is 1. The van der Waals surface area contributed by atoms with Crippen molar-refractivity contribution in [1.29, 1.82) is 0 Å². The third-order valence-electron chi connectivity index (χ3n) is 5.90. The van der Waals surface area contributed by atoms with Gasteiger partial charge in [0.1, 0.15) is 0 Å². The number of amides is 1. The Kier molecular flexibility index (Phi) is 23.1. The molecule has 0 aromatic heterocycles. The summed E-state index contributed by atoms with van der Waals surface area (Å²) in [5.74, 6) is -0.236. The molecule has 0 saturated carbocycles. The summed E-state index contributed by atoms with van der Waals surface area (Å²) in [6.07, 6.45) is 27.8. The zero-order chi connectivity index (χ0) is 23.0. The van der Waals surface area contributed by atoms with E-state index in [1.165, 1.54) is 96.3 Å². The fraction of sp³-hybridized carbons (Fsp3) is 0.889. The molecule has 31 heavy (non-hydrogen) atoms. The lowest BCUT2D eigenvalue weighted by atomic mass is 10.1. The summed E-state index contributed by atoms with van der Waals surface area (Å²) >= 11 is 0. The van der Waals surface area contributed by atoms with Gasteiger partial charge in [-0.15, -0.1) is 0 Å². The Hall–Kier alpha value is -0.870. The van der Waals surface area contributed by atoms with Crippen LogP contribution in [0.3, 0.4) is 0 Å². The van der Waals surface area contributed by atoms with Gasteiger partial charge in [0.05, 0.1) is 0 Å². The molecule has 0 bridgehead atoms. The van der Waals surface area contributed by atoms with Gasteiger partial charge in [-0.25, -0.2) is 0 Å². The van der Waals surface area contributed by atoms with E-state index in [0.717, 1.165) is 25.8 Å². The van der Waals surface area contributed by atoms with Crippen molar-refractivity contribution < 1.29 is 4.79 Å². The normalized spacial score (nSPS) is 11.6. The largest absolute Gasteiger partial charge is 0.756 e. The molecular formula is C27H53N2O2-. The summed E-state index contributed by atoms with van der Waals surface area (Å²) in [5.41, 5.74) is 0. The summed E-state index contributed by atoms with van der Waals surface area (Å²) < 4.78 is 0. The molecule has 0 saturated heterocycles. The molecule has 0 heterocycles. The molecule has 0 spiro atoms. The van der Waals surface area contributed by atoms with E-state index in [1.807, 2.05) is 19.0 Å². The molecule has 0 radical (unpaired) electrons. The number of hydrogen-bond donors (Lipinski definition) is 0. The summed E-state index contributed by atoms with van der Waals surface area (Å²) in [7, 11) is 3.96. The van der Waals surface area contributed by atoms with Crippen LogP contribution in [-0.4, -0.2) is 43.1 Å². The molecule has 4 nitrogen and oxygen atoms in total. The molecule has 0 aliphatic carbocycles. The van der Waals surface area contributed by atoms with Crippen LogP contribution in [-0.2, 0) is 4.79 Å². The van der Waals surface area contributed by atoms with Crippen LogP contribution >= 0.6 is 0 Å². The Morgan fingerprint density at radius 1 is 0.645 bits per heavy atom. The van der Waals surface area contributed by atoms with Crippen LogP contribution in [0.15, 0.2) is 12.2 Å².